The first-order chi connectivity index (χ1) is 7.33. The molecule has 0 aromatic carbocycles. The average molecular weight is 276 g/mol. The first-order valence-corrected chi connectivity index (χ1v) is 5.44. The lowest BCUT2D eigenvalue weighted by molar-refractivity contribution is -0.140. The van der Waals surface area contributed by atoms with Crippen molar-refractivity contribution in [1.82, 2.24) is 0 Å². The summed E-state index contributed by atoms with van der Waals surface area (Å²) in [7, 11) is 0. The number of hydrogen-bond acceptors (Lipinski definition) is 1. The van der Waals surface area contributed by atoms with Crippen LogP contribution in [-0.4, -0.2) is 0 Å². The molecule has 0 unspecified atom stereocenters. The van der Waals surface area contributed by atoms with Crippen LogP contribution in [0.4, 0.5) is 26.3 Å². The van der Waals surface area contributed by atoms with Crippen LogP contribution in [-0.2, 0) is 17.8 Å². The Balaban J connectivity index is 3.44. The third-order valence-corrected chi connectivity index (χ3v) is 3.60. The van der Waals surface area contributed by atoms with E-state index in [0.717, 1.165) is 0 Å². The highest BCUT2D eigenvalue weighted by molar-refractivity contribution is 7.12. The molecule has 0 atom stereocenters. The van der Waals surface area contributed by atoms with E-state index in [0.29, 0.717) is 0 Å². The Labute approximate surface area is 98.3 Å². The molecule has 0 nitrogen and oxygen atoms in total. The number of thiophene rings is 1. The fourth-order valence-corrected chi connectivity index (χ4v) is 2.40. The molecule has 1 aromatic heterocycles. The summed E-state index contributed by atoms with van der Waals surface area (Å²) < 4.78 is 75.1. The summed E-state index contributed by atoms with van der Waals surface area (Å²) in [6.45, 7) is 4.36. The molecule has 0 aliphatic carbocycles. The predicted molar refractivity (Wildman–Crippen MR) is 53.0 cm³/mol. The van der Waals surface area contributed by atoms with Crippen molar-refractivity contribution in [3.63, 3.8) is 0 Å². The molecule has 0 spiro atoms. The monoisotopic (exact) mass is 276 g/mol. The minimum absolute atomic E-state index is 0.155. The van der Waals surface area contributed by atoms with E-state index in [1.165, 1.54) is 20.8 Å². The lowest BCUT2D eigenvalue weighted by Gasteiger charge is -2.19. The van der Waals surface area contributed by atoms with Crippen LogP contribution in [0.25, 0.3) is 0 Å². The fraction of sp³-hybridized carbons (Fsp3) is 0.600. The van der Waals surface area contributed by atoms with E-state index >= 15 is 0 Å². The van der Waals surface area contributed by atoms with Crippen LogP contribution in [0.1, 0.15) is 36.1 Å². The summed E-state index contributed by atoms with van der Waals surface area (Å²) in [5.41, 5.74) is -2.17. The van der Waals surface area contributed by atoms with Crippen molar-refractivity contribution in [3.8, 4) is 0 Å². The van der Waals surface area contributed by atoms with Gasteiger partial charge in [-0.3, -0.25) is 0 Å². The maximum atomic E-state index is 12.6. The van der Waals surface area contributed by atoms with Gasteiger partial charge in [0, 0.05) is 4.88 Å². The lowest BCUT2D eigenvalue weighted by Crippen LogP contribution is -2.16. The Kier molecular flexibility index (Phi) is 3.29. The topological polar surface area (TPSA) is 0 Å². The van der Waals surface area contributed by atoms with Crippen molar-refractivity contribution in [2.75, 3.05) is 0 Å². The molecule has 0 bridgehead atoms. The quantitative estimate of drug-likeness (QED) is 0.579. The number of rotatable bonds is 0. The van der Waals surface area contributed by atoms with Crippen LogP contribution in [0.5, 0.6) is 0 Å². The average Bonchev–Trinajstić information content (AvgIpc) is 2.42. The zero-order chi connectivity index (χ0) is 13.6. The summed E-state index contributed by atoms with van der Waals surface area (Å²) in [5, 5.41) is 0. The molecule has 1 aromatic rings. The second kappa shape index (κ2) is 3.90. The van der Waals surface area contributed by atoms with Gasteiger partial charge in [-0.1, -0.05) is 20.8 Å². The molecular formula is C10H10F6S. The maximum absolute atomic E-state index is 12.6. The Hall–Kier alpha value is -0.720. The van der Waals surface area contributed by atoms with Crippen LogP contribution in [0, 0.1) is 0 Å². The van der Waals surface area contributed by atoms with Crippen molar-refractivity contribution in [1.29, 1.82) is 0 Å². The largest absolute Gasteiger partial charge is 0.425 e. The standard InChI is InChI=1S/C10H10F6S/c1-8(2,3)7-5(9(11,12)13)4-6(17-7)10(14,15)16/h4H,1-3H3. The van der Waals surface area contributed by atoms with E-state index < -0.39 is 28.2 Å². The van der Waals surface area contributed by atoms with Crippen molar-refractivity contribution in [2.45, 2.75) is 38.5 Å². The van der Waals surface area contributed by atoms with E-state index in [2.05, 4.69) is 0 Å². The molecule has 0 saturated heterocycles. The molecule has 0 fully saturated rings. The molecule has 98 valence electrons. The fourth-order valence-electron chi connectivity index (χ4n) is 1.30. The number of halogens is 6. The van der Waals surface area contributed by atoms with Gasteiger partial charge in [-0.05, 0) is 11.5 Å². The van der Waals surface area contributed by atoms with Gasteiger partial charge in [0.15, 0.2) is 0 Å². The molecule has 0 aliphatic rings. The van der Waals surface area contributed by atoms with E-state index in [-0.39, 0.29) is 22.3 Å². The van der Waals surface area contributed by atoms with Gasteiger partial charge in [0.2, 0.25) is 0 Å². The molecule has 0 N–H and O–H groups in total. The van der Waals surface area contributed by atoms with Gasteiger partial charge < -0.3 is 0 Å². The third kappa shape index (κ3) is 3.14. The van der Waals surface area contributed by atoms with Crippen LogP contribution in [0.3, 0.4) is 0 Å². The van der Waals surface area contributed by atoms with Crippen LogP contribution < -0.4 is 0 Å². The summed E-state index contributed by atoms with van der Waals surface area (Å²) in [6.07, 6.45) is -9.50. The molecule has 1 rings (SSSR count). The van der Waals surface area contributed by atoms with Crippen molar-refractivity contribution >= 4 is 11.3 Å². The van der Waals surface area contributed by atoms with Gasteiger partial charge in [0.05, 0.1) is 5.56 Å². The van der Waals surface area contributed by atoms with Gasteiger partial charge in [0.1, 0.15) is 4.88 Å². The Morgan fingerprint density at radius 1 is 0.882 bits per heavy atom. The molecule has 17 heavy (non-hydrogen) atoms. The summed E-state index contributed by atoms with van der Waals surface area (Å²) in [4.78, 5) is -1.51. The lowest BCUT2D eigenvalue weighted by atomic mass is 9.91. The summed E-state index contributed by atoms with van der Waals surface area (Å²) >= 11 is 0.155. The van der Waals surface area contributed by atoms with Crippen LogP contribution >= 0.6 is 11.3 Å². The number of alkyl halides is 6. The SMILES string of the molecule is CC(C)(C)c1sc(C(F)(F)F)cc1C(F)(F)F. The highest BCUT2D eigenvalue weighted by atomic mass is 32.1. The first-order valence-electron chi connectivity index (χ1n) is 4.62. The van der Waals surface area contributed by atoms with Gasteiger partial charge in [-0.15, -0.1) is 11.3 Å². The van der Waals surface area contributed by atoms with Gasteiger partial charge in [-0.25, -0.2) is 0 Å². The molecule has 7 heteroatoms. The second-order valence-electron chi connectivity index (χ2n) is 4.60. The Bertz CT molecular complexity index is 372. The molecule has 0 aliphatic heterocycles. The third-order valence-electron chi connectivity index (χ3n) is 2.00. The molecule has 0 radical (unpaired) electrons. The van der Waals surface area contributed by atoms with E-state index in [1.54, 1.807) is 0 Å². The first kappa shape index (κ1) is 14.3. The Morgan fingerprint density at radius 2 is 1.35 bits per heavy atom. The van der Waals surface area contributed by atoms with Crippen molar-refractivity contribution in [2.24, 2.45) is 0 Å². The van der Waals surface area contributed by atoms with Crippen molar-refractivity contribution < 1.29 is 26.3 Å². The maximum Gasteiger partial charge on any atom is 0.425 e. The zero-order valence-corrected chi connectivity index (χ0v) is 10.1. The zero-order valence-electron chi connectivity index (χ0n) is 9.25. The van der Waals surface area contributed by atoms with E-state index in [1.807, 2.05) is 0 Å². The smallest absolute Gasteiger partial charge is 0.166 e. The highest BCUT2D eigenvalue weighted by Crippen LogP contribution is 2.46. The highest BCUT2D eigenvalue weighted by Gasteiger charge is 2.43. The number of hydrogen-bond donors (Lipinski definition) is 0. The second-order valence-corrected chi connectivity index (χ2v) is 5.65. The van der Waals surface area contributed by atoms with Gasteiger partial charge >= 0.3 is 12.4 Å². The van der Waals surface area contributed by atoms with Crippen molar-refractivity contribution in [3.05, 3.63) is 21.4 Å². The molecule has 1 heterocycles. The van der Waals surface area contributed by atoms with E-state index in [4.69, 9.17) is 0 Å². The molecule has 0 amide bonds. The summed E-state index contributed by atoms with van der Waals surface area (Å²) in [6, 6.07) is 0.186. The predicted octanol–water partition coefficient (Wildman–Crippen LogP) is 5.08. The normalized spacial score (nSPS) is 14.2. The van der Waals surface area contributed by atoms with Crippen LogP contribution in [0.2, 0.25) is 0 Å². The molecule has 0 saturated carbocycles. The van der Waals surface area contributed by atoms with E-state index in [9.17, 15) is 26.3 Å². The summed E-state index contributed by atoms with van der Waals surface area (Å²) in [5.74, 6) is 0. The van der Waals surface area contributed by atoms with Gasteiger partial charge in [-0.2, -0.15) is 26.3 Å². The Morgan fingerprint density at radius 3 is 1.59 bits per heavy atom. The minimum Gasteiger partial charge on any atom is -0.166 e. The molecular weight excluding hydrogens is 266 g/mol. The van der Waals surface area contributed by atoms with Crippen LogP contribution in [0.15, 0.2) is 6.07 Å². The minimum atomic E-state index is -4.76. The van der Waals surface area contributed by atoms with Gasteiger partial charge in [0.25, 0.3) is 0 Å².